The van der Waals surface area contributed by atoms with Crippen molar-refractivity contribution in [3.8, 4) is 0 Å². The van der Waals surface area contributed by atoms with E-state index < -0.39 is 0 Å². The molecule has 0 spiro atoms. The summed E-state index contributed by atoms with van der Waals surface area (Å²) in [5.74, 6) is 1.60. The van der Waals surface area contributed by atoms with E-state index in [1.165, 1.54) is 5.69 Å². The molecule has 0 aliphatic rings. The van der Waals surface area contributed by atoms with Crippen LogP contribution in [0.15, 0.2) is 0 Å². The van der Waals surface area contributed by atoms with E-state index in [1.807, 2.05) is 13.8 Å². The molecular formula is C8H14N2. The third-order valence-corrected chi connectivity index (χ3v) is 1.69. The molecule has 0 unspecified atom stereocenters. The highest BCUT2D eigenvalue weighted by molar-refractivity contribution is 5.12. The minimum atomic E-state index is 0.507. The predicted octanol–water partition coefficient (Wildman–Crippen LogP) is 2.15. The summed E-state index contributed by atoms with van der Waals surface area (Å²) in [6, 6.07) is 0. The van der Waals surface area contributed by atoms with Crippen LogP contribution in [0.1, 0.15) is 37.0 Å². The molecule has 0 saturated carbocycles. The largest absolute Gasteiger partial charge is 0.346 e. The molecule has 0 radical (unpaired) electrons. The van der Waals surface area contributed by atoms with Crippen LogP contribution in [-0.4, -0.2) is 9.97 Å². The number of nitrogens with zero attached hydrogens (tertiary/aromatic N) is 1. The molecule has 0 atom stereocenters. The van der Waals surface area contributed by atoms with E-state index in [0.717, 1.165) is 11.5 Å². The topological polar surface area (TPSA) is 28.7 Å². The molecule has 0 aromatic carbocycles. The van der Waals surface area contributed by atoms with Crippen LogP contribution in [0, 0.1) is 13.8 Å². The molecule has 0 amide bonds. The van der Waals surface area contributed by atoms with E-state index in [4.69, 9.17) is 0 Å². The lowest BCUT2D eigenvalue weighted by atomic mass is 10.2. The second kappa shape index (κ2) is 2.45. The molecule has 1 heterocycles. The molecule has 56 valence electrons. The zero-order valence-electron chi connectivity index (χ0n) is 7.02. The molecule has 1 aromatic rings. The van der Waals surface area contributed by atoms with Crippen molar-refractivity contribution in [3.05, 3.63) is 17.2 Å². The second-order valence-corrected chi connectivity index (χ2v) is 2.99. The maximum absolute atomic E-state index is 4.35. The van der Waals surface area contributed by atoms with E-state index in [9.17, 15) is 0 Å². The van der Waals surface area contributed by atoms with Crippen LogP contribution in [0.25, 0.3) is 0 Å². The van der Waals surface area contributed by atoms with Gasteiger partial charge < -0.3 is 4.98 Å². The van der Waals surface area contributed by atoms with Crippen molar-refractivity contribution in [2.45, 2.75) is 33.6 Å². The number of rotatable bonds is 1. The van der Waals surface area contributed by atoms with Gasteiger partial charge in [0.1, 0.15) is 5.82 Å². The van der Waals surface area contributed by atoms with E-state index in [0.29, 0.717) is 5.92 Å². The van der Waals surface area contributed by atoms with Crippen LogP contribution >= 0.6 is 0 Å². The summed E-state index contributed by atoms with van der Waals surface area (Å²) in [4.78, 5) is 7.59. The SMILES string of the molecule is Cc1nc(C(C)C)[nH]c1C. The molecule has 1 N–H and O–H groups in total. The Morgan fingerprint density at radius 3 is 2.10 bits per heavy atom. The van der Waals surface area contributed by atoms with Crippen LogP contribution in [-0.2, 0) is 0 Å². The van der Waals surface area contributed by atoms with Crippen LogP contribution < -0.4 is 0 Å². The number of nitrogens with one attached hydrogen (secondary N) is 1. The van der Waals surface area contributed by atoms with Crippen LogP contribution in [0.3, 0.4) is 0 Å². The lowest BCUT2D eigenvalue weighted by molar-refractivity contribution is 0.790. The Balaban J connectivity index is 2.98. The summed E-state index contributed by atoms with van der Waals surface area (Å²) in [5, 5.41) is 0. The zero-order valence-corrected chi connectivity index (χ0v) is 7.02. The molecule has 1 rings (SSSR count). The summed E-state index contributed by atoms with van der Waals surface area (Å²) in [6.45, 7) is 8.35. The highest BCUT2D eigenvalue weighted by Gasteiger charge is 2.04. The van der Waals surface area contributed by atoms with Gasteiger partial charge in [0.15, 0.2) is 0 Å². The summed E-state index contributed by atoms with van der Waals surface area (Å²) >= 11 is 0. The Kier molecular flexibility index (Phi) is 1.79. The Hall–Kier alpha value is -0.790. The number of imidazole rings is 1. The van der Waals surface area contributed by atoms with Gasteiger partial charge in [-0.05, 0) is 13.8 Å². The Morgan fingerprint density at radius 1 is 1.30 bits per heavy atom. The smallest absolute Gasteiger partial charge is 0.109 e. The van der Waals surface area contributed by atoms with Gasteiger partial charge in [-0.25, -0.2) is 4.98 Å². The third-order valence-electron chi connectivity index (χ3n) is 1.69. The highest BCUT2D eigenvalue weighted by atomic mass is 14.9. The van der Waals surface area contributed by atoms with Crippen molar-refractivity contribution < 1.29 is 0 Å². The molecule has 2 nitrogen and oxygen atoms in total. The molecule has 0 aliphatic carbocycles. The maximum atomic E-state index is 4.35. The minimum absolute atomic E-state index is 0.507. The van der Waals surface area contributed by atoms with Crippen molar-refractivity contribution in [1.82, 2.24) is 9.97 Å². The zero-order chi connectivity index (χ0) is 7.72. The molecule has 1 aromatic heterocycles. The van der Waals surface area contributed by atoms with Crippen molar-refractivity contribution in [3.63, 3.8) is 0 Å². The van der Waals surface area contributed by atoms with E-state index in [-0.39, 0.29) is 0 Å². The predicted molar refractivity (Wildman–Crippen MR) is 42.2 cm³/mol. The Bertz CT molecular complexity index is 204. The molecular weight excluding hydrogens is 124 g/mol. The first-order valence-electron chi connectivity index (χ1n) is 3.64. The van der Waals surface area contributed by atoms with Crippen LogP contribution in [0.5, 0.6) is 0 Å². The van der Waals surface area contributed by atoms with Gasteiger partial charge >= 0.3 is 0 Å². The van der Waals surface area contributed by atoms with Gasteiger partial charge in [0.05, 0.1) is 5.69 Å². The summed E-state index contributed by atoms with van der Waals surface area (Å²) in [5.41, 5.74) is 2.30. The van der Waals surface area contributed by atoms with Crippen molar-refractivity contribution in [2.75, 3.05) is 0 Å². The molecule has 2 heteroatoms. The highest BCUT2D eigenvalue weighted by Crippen LogP contribution is 2.11. The van der Waals surface area contributed by atoms with Gasteiger partial charge in [-0.15, -0.1) is 0 Å². The fourth-order valence-electron chi connectivity index (χ4n) is 0.848. The van der Waals surface area contributed by atoms with Gasteiger partial charge in [-0.3, -0.25) is 0 Å². The van der Waals surface area contributed by atoms with Gasteiger partial charge in [-0.1, -0.05) is 13.8 Å². The maximum Gasteiger partial charge on any atom is 0.109 e. The Labute approximate surface area is 61.7 Å². The molecule has 0 aliphatic heterocycles. The summed E-state index contributed by atoms with van der Waals surface area (Å²) in [7, 11) is 0. The first-order valence-corrected chi connectivity index (χ1v) is 3.64. The third kappa shape index (κ3) is 1.20. The minimum Gasteiger partial charge on any atom is -0.346 e. The molecule has 0 bridgehead atoms. The first kappa shape index (κ1) is 7.32. The summed E-state index contributed by atoms with van der Waals surface area (Å²) in [6.07, 6.45) is 0. The van der Waals surface area contributed by atoms with E-state index in [2.05, 4.69) is 23.8 Å². The van der Waals surface area contributed by atoms with Gasteiger partial charge in [-0.2, -0.15) is 0 Å². The number of H-pyrrole nitrogens is 1. The summed E-state index contributed by atoms with van der Waals surface area (Å²) < 4.78 is 0. The average molecular weight is 138 g/mol. The average Bonchev–Trinajstić information content (AvgIpc) is 2.13. The monoisotopic (exact) mass is 138 g/mol. The molecule has 10 heavy (non-hydrogen) atoms. The standard InChI is InChI=1S/C8H14N2/c1-5(2)8-9-6(3)7(4)10-8/h5H,1-4H3,(H,9,10). The van der Waals surface area contributed by atoms with Crippen molar-refractivity contribution >= 4 is 0 Å². The van der Waals surface area contributed by atoms with E-state index >= 15 is 0 Å². The van der Waals surface area contributed by atoms with Gasteiger partial charge in [0.2, 0.25) is 0 Å². The Morgan fingerprint density at radius 2 is 1.90 bits per heavy atom. The van der Waals surface area contributed by atoms with Gasteiger partial charge in [0, 0.05) is 11.6 Å². The second-order valence-electron chi connectivity index (χ2n) is 2.99. The number of hydrogen-bond donors (Lipinski definition) is 1. The normalized spacial score (nSPS) is 10.9. The van der Waals surface area contributed by atoms with Crippen molar-refractivity contribution in [1.29, 1.82) is 0 Å². The van der Waals surface area contributed by atoms with Crippen LogP contribution in [0.4, 0.5) is 0 Å². The van der Waals surface area contributed by atoms with Crippen LogP contribution in [0.2, 0.25) is 0 Å². The number of hydrogen-bond acceptors (Lipinski definition) is 1. The molecule has 0 saturated heterocycles. The quantitative estimate of drug-likeness (QED) is 0.633. The number of aryl methyl sites for hydroxylation is 2. The van der Waals surface area contributed by atoms with E-state index in [1.54, 1.807) is 0 Å². The van der Waals surface area contributed by atoms with Gasteiger partial charge in [0.25, 0.3) is 0 Å². The fraction of sp³-hybridized carbons (Fsp3) is 0.625. The molecule has 0 fully saturated rings. The first-order chi connectivity index (χ1) is 4.61. The number of aromatic nitrogens is 2. The lowest BCUT2D eigenvalue weighted by Gasteiger charge is -1.96. The lowest BCUT2D eigenvalue weighted by Crippen LogP contribution is -1.89. The van der Waals surface area contributed by atoms with Crippen molar-refractivity contribution in [2.24, 2.45) is 0 Å². The number of aromatic amines is 1. The fourth-order valence-corrected chi connectivity index (χ4v) is 0.848.